The van der Waals surface area contributed by atoms with Gasteiger partial charge in [0.05, 0.1) is 11.2 Å². The number of rotatable bonds is 3. The monoisotopic (exact) mass is 268 g/mol. The highest BCUT2D eigenvalue weighted by atomic mass is 15.3. The molecule has 3 rings (SSSR count). The van der Waals surface area contributed by atoms with Crippen molar-refractivity contribution in [3.63, 3.8) is 0 Å². The number of hydrogen-bond donors (Lipinski definition) is 1. The van der Waals surface area contributed by atoms with Gasteiger partial charge < -0.3 is 5.32 Å². The van der Waals surface area contributed by atoms with Gasteiger partial charge in [-0.2, -0.15) is 5.10 Å². The van der Waals surface area contributed by atoms with Crippen molar-refractivity contribution in [1.82, 2.24) is 14.6 Å². The average Bonchev–Trinajstić information content (AvgIpc) is 2.79. The molecule has 4 nitrogen and oxygen atoms in total. The minimum atomic E-state index is 0.373. The van der Waals surface area contributed by atoms with E-state index >= 15 is 0 Å². The Balaban J connectivity index is 2.23. The van der Waals surface area contributed by atoms with E-state index in [0.717, 1.165) is 28.1 Å². The van der Waals surface area contributed by atoms with Gasteiger partial charge in [0.15, 0.2) is 5.65 Å². The van der Waals surface area contributed by atoms with Gasteiger partial charge in [0, 0.05) is 17.5 Å². The number of nitrogens with zero attached hydrogens (tertiary/aromatic N) is 3. The van der Waals surface area contributed by atoms with Gasteiger partial charge >= 0.3 is 0 Å². The summed E-state index contributed by atoms with van der Waals surface area (Å²) in [5.41, 5.74) is 2.96. The van der Waals surface area contributed by atoms with Crippen LogP contribution < -0.4 is 5.32 Å². The number of aryl methyl sites for hydroxylation is 1. The number of nitrogens with one attached hydrogen (secondary N) is 1. The number of hydrogen-bond acceptors (Lipinski definition) is 3. The molecule has 0 aliphatic rings. The van der Waals surface area contributed by atoms with Crippen molar-refractivity contribution < 1.29 is 0 Å². The van der Waals surface area contributed by atoms with E-state index in [-0.39, 0.29) is 0 Å². The molecule has 2 heterocycles. The number of fused-ring (bicyclic) bond motifs is 3. The summed E-state index contributed by atoms with van der Waals surface area (Å²) in [7, 11) is 0. The third-order valence-corrected chi connectivity index (χ3v) is 3.79. The molecule has 0 radical (unpaired) electrons. The van der Waals surface area contributed by atoms with Crippen LogP contribution >= 0.6 is 0 Å². The maximum Gasteiger partial charge on any atom is 0.158 e. The van der Waals surface area contributed by atoms with Crippen LogP contribution in [-0.2, 0) is 0 Å². The summed E-state index contributed by atoms with van der Waals surface area (Å²) in [4.78, 5) is 4.74. The summed E-state index contributed by atoms with van der Waals surface area (Å²) in [6.45, 7) is 8.60. The van der Waals surface area contributed by atoms with E-state index in [2.05, 4.69) is 43.3 Å². The first-order valence-corrected chi connectivity index (χ1v) is 7.08. The lowest BCUT2D eigenvalue weighted by Crippen LogP contribution is -2.22. The molecule has 0 aliphatic heterocycles. The minimum absolute atomic E-state index is 0.373. The smallest absolute Gasteiger partial charge is 0.158 e. The van der Waals surface area contributed by atoms with Gasteiger partial charge in [-0.05, 0) is 31.9 Å². The highest BCUT2D eigenvalue weighted by molar-refractivity contribution is 5.91. The summed E-state index contributed by atoms with van der Waals surface area (Å²) in [5.74, 6) is 1.49. The van der Waals surface area contributed by atoms with Crippen molar-refractivity contribution in [2.75, 3.05) is 5.32 Å². The summed E-state index contributed by atoms with van der Waals surface area (Å²) < 4.78 is 1.91. The first kappa shape index (κ1) is 12.9. The predicted molar refractivity (Wildman–Crippen MR) is 83.2 cm³/mol. The molecule has 0 unspecified atom stereocenters. The Morgan fingerprint density at radius 2 is 1.90 bits per heavy atom. The lowest BCUT2D eigenvalue weighted by Gasteiger charge is -2.19. The van der Waals surface area contributed by atoms with Crippen molar-refractivity contribution in [2.24, 2.45) is 5.92 Å². The van der Waals surface area contributed by atoms with E-state index in [9.17, 15) is 0 Å². The van der Waals surface area contributed by atoms with Crippen molar-refractivity contribution in [1.29, 1.82) is 0 Å². The Bertz CT molecular complexity index is 758. The minimum Gasteiger partial charge on any atom is -0.367 e. The second kappa shape index (κ2) is 4.78. The van der Waals surface area contributed by atoms with Gasteiger partial charge in [0.2, 0.25) is 0 Å². The Hall–Kier alpha value is -2.10. The molecule has 0 fully saturated rings. The van der Waals surface area contributed by atoms with Crippen molar-refractivity contribution in [2.45, 2.75) is 33.7 Å². The van der Waals surface area contributed by atoms with E-state index in [1.807, 2.05) is 29.6 Å². The van der Waals surface area contributed by atoms with E-state index in [0.29, 0.717) is 12.0 Å². The molecule has 104 valence electrons. The van der Waals surface area contributed by atoms with Crippen LogP contribution in [0.3, 0.4) is 0 Å². The standard InChI is InChI=1S/C16H20N4/c1-10(2)12(4)17-16-13-7-5-6-8-14(13)20-15(18-16)9-11(3)19-20/h5-10,12H,1-4H3,(H,17,18)/t12-/m0/s1. The molecule has 2 aromatic heterocycles. The molecule has 20 heavy (non-hydrogen) atoms. The number of aromatic nitrogens is 3. The molecule has 0 aliphatic carbocycles. The molecule has 1 aromatic carbocycles. The molecule has 0 spiro atoms. The Kier molecular flexibility index (Phi) is 3.08. The van der Waals surface area contributed by atoms with E-state index < -0.39 is 0 Å². The fourth-order valence-electron chi connectivity index (χ4n) is 2.27. The molecular weight excluding hydrogens is 248 g/mol. The van der Waals surface area contributed by atoms with Gasteiger partial charge in [-0.1, -0.05) is 26.0 Å². The third-order valence-electron chi connectivity index (χ3n) is 3.79. The Morgan fingerprint density at radius 3 is 2.65 bits per heavy atom. The van der Waals surface area contributed by atoms with Gasteiger partial charge in [-0.3, -0.25) is 0 Å². The van der Waals surface area contributed by atoms with Crippen LogP contribution in [0.5, 0.6) is 0 Å². The highest BCUT2D eigenvalue weighted by Gasteiger charge is 2.13. The molecule has 4 heteroatoms. The maximum absolute atomic E-state index is 4.74. The summed E-state index contributed by atoms with van der Waals surface area (Å²) in [5, 5.41) is 9.16. The Morgan fingerprint density at radius 1 is 1.15 bits per heavy atom. The van der Waals surface area contributed by atoms with Crippen molar-refractivity contribution in [3.8, 4) is 0 Å². The fourth-order valence-corrected chi connectivity index (χ4v) is 2.27. The quantitative estimate of drug-likeness (QED) is 0.788. The first-order chi connectivity index (χ1) is 9.56. The second-order valence-corrected chi connectivity index (χ2v) is 5.71. The Labute approximate surface area is 118 Å². The van der Waals surface area contributed by atoms with Crippen LogP contribution in [0.4, 0.5) is 5.82 Å². The van der Waals surface area contributed by atoms with Crippen molar-refractivity contribution >= 4 is 22.4 Å². The average molecular weight is 268 g/mol. The first-order valence-electron chi connectivity index (χ1n) is 7.08. The third kappa shape index (κ3) is 2.11. The van der Waals surface area contributed by atoms with Gasteiger partial charge in [0.25, 0.3) is 0 Å². The summed E-state index contributed by atoms with van der Waals surface area (Å²) in [6, 6.07) is 10.6. The van der Waals surface area contributed by atoms with Gasteiger partial charge in [-0.15, -0.1) is 0 Å². The second-order valence-electron chi connectivity index (χ2n) is 5.71. The number of anilines is 1. The van der Waals surface area contributed by atoms with E-state index in [1.54, 1.807) is 0 Å². The fraction of sp³-hybridized carbons (Fsp3) is 0.375. The van der Waals surface area contributed by atoms with Gasteiger partial charge in [0.1, 0.15) is 5.82 Å². The lowest BCUT2D eigenvalue weighted by molar-refractivity contribution is 0.559. The largest absolute Gasteiger partial charge is 0.367 e. The molecule has 1 atom stereocenters. The zero-order valence-electron chi connectivity index (χ0n) is 12.4. The van der Waals surface area contributed by atoms with Crippen LogP contribution in [0.15, 0.2) is 30.3 Å². The normalized spacial score (nSPS) is 13.2. The summed E-state index contributed by atoms with van der Waals surface area (Å²) >= 11 is 0. The van der Waals surface area contributed by atoms with Crippen LogP contribution in [0.2, 0.25) is 0 Å². The highest BCUT2D eigenvalue weighted by Crippen LogP contribution is 2.24. The van der Waals surface area contributed by atoms with Crippen LogP contribution in [0.25, 0.3) is 16.6 Å². The predicted octanol–water partition coefficient (Wildman–Crippen LogP) is 3.65. The van der Waals surface area contributed by atoms with Crippen LogP contribution in [0, 0.1) is 12.8 Å². The maximum atomic E-state index is 4.74. The summed E-state index contributed by atoms with van der Waals surface area (Å²) in [6.07, 6.45) is 0. The molecule has 0 saturated heterocycles. The molecule has 0 amide bonds. The molecule has 0 saturated carbocycles. The van der Waals surface area contributed by atoms with Crippen molar-refractivity contribution in [3.05, 3.63) is 36.0 Å². The SMILES string of the molecule is Cc1cc2nc(N[C@@H](C)C(C)C)c3ccccc3n2n1. The molecule has 0 bridgehead atoms. The van der Waals surface area contributed by atoms with E-state index in [1.165, 1.54) is 0 Å². The number of para-hydroxylation sites is 1. The lowest BCUT2D eigenvalue weighted by atomic mass is 10.1. The van der Waals surface area contributed by atoms with E-state index in [4.69, 9.17) is 4.98 Å². The zero-order valence-corrected chi connectivity index (χ0v) is 12.4. The molecule has 1 N–H and O–H groups in total. The molecular formula is C16H20N4. The number of benzene rings is 1. The van der Waals surface area contributed by atoms with Gasteiger partial charge in [-0.25, -0.2) is 9.50 Å². The van der Waals surface area contributed by atoms with Crippen LogP contribution in [0.1, 0.15) is 26.5 Å². The molecule has 3 aromatic rings. The topological polar surface area (TPSA) is 42.2 Å². The van der Waals surface area contributed by atoms with Crippen LogP contribution in [-0.4, -0.2) is 20.6 Å². The zero-order chi connectivity index (χ0) is 14.3.